The standard InChI is InChI=1S/C15H29NO3/c1-5-19-14(17)11-15(12-18-4,13(2)3)16-9-7-6-8-10-16/h13H,5-12H2,1-4H3. The van der Waals surface area contributed by atoms with Crippen LogP contribution in [0.15, 0.2) is 0 Å². The van der Waals surface area contributed by atoms with Gasteiger partial charge in [-0.25, -0.2) is 0 Å². The Labute approximate surface area is 117 Å². The zero-order chi connectivity index (χ0) is 14.3. The van der Waals surface area contributed by atoms with Crippen LogP contribution in [0.25, 0.3) is 0 Å². The van der Waals surface area contributed by atoms with Crippen molar-refractivity contribution in [2.24, 2.45) is 5.92 Å². The summed E-state index contributed by atoms with van der Waals surface area (Å²) >= 11 is 0. The van der Waals surface area contributed by atoms with Gasteiger partial charge in [0.15, 0.2) is 0 Å². The molecule has 19 heavy (non-hydrogen) atoms. The predicted octanol–water partition coefficient (Wildman–Crippen LogP) is 2.47. The van der Waals surface area contributed by atoms with Crippen LogP contribution in [0.1, 0.15) is 46.5 Å². The lowest BCUT2D eigenvalue weighted by molar-refractivity contribution is -0.150. The van der Waals surface area contributed by atoms with E-state index in [1.165, 1.54) is 19.3 Å². The molecule has 1 fully saturated rings. The Morgan fingerprint density at radius 3 is 2.37 bits per heavy atom. The van der Waals surface area contributed by atoms with Gasteiger partial charge in [0.05, 0.1) is 25.2 Å². The predicted molar refractivity (Wildman–Crippen MR) is 76.1 cm³/mol. The maximum Gasteiger partial charge on any atom is 0.307 e. The lowest BCUT2D eigenvalue weighted by Crippen LogP contribution is -2.58. The van der Waals surface area contributed by atoms with E-state index in [0.29, 0.717) is 25.6 Å². The van der Waals surface area contributed by atoms with Gasteiger partial charge in [0.2, 0.25) is 0 Å². The summed E-state index contributed by atoms with van der Waals surface area (Å²) in [5.74, 6) is 0.244. The molecule has 1 heterocycles. The lowest BCUT2D eigenvalue weighted by Gasteiger charge is -2.47. The molecule has 112 valence electrons. The van der Waals surface area contributed by atoms with Gasteiger partial charge in [-0.15, -0.1) is 0 Å². The van der Waals surface area contributed by atoms with Gasteiger partial charge in [-0.05, 0) is 38.8 Å². The lowest BCUT2D eigenvalue weighted by atomic mass is 9.81. The molecular formula is C15H29NO3. The molecule has 0 spiro atoms. The van der Waals surface area contributed by atoms with Crippen molar-refractivity contribution in [1.29, 1.82) is 0 Å². The Hall–Kier alpha value is -0.610. The van der Waals surface area contributed by atoms with Gasteiger partial charge in [0, 0.05) is 7.11 Å². The van der Waals surface area contributed by atoms with Crippen molar-refractivity contribution in [1.82, 2.24) is 4.90 Å². The largest absolute Gasteiger partial charge is 0.466 e. The second kappa shape index (κ2) is 7.85. The molecule has 0 aromatic rings. The first-order valence-electron chi connectivity index (χ1n) is 7.46. The fourth-order valence-corrected chi connectivity index (χ4v) is 3.04. The van der Waals surface area contributed by atoms with Gasteiger partial charge in [-0.1, -0.05) is 20.3 Å². The Morgan fingerprint density at radius 1 is 1.26 bits per heavy atom. The third-order valence-electron chi connectivity index (χ3n) is 4.21. The van der Waals surface area contributed by atoms with Gasteiger partial charge in [-0.3, -0.25) is 9.69 Å². The molecule has 1 saturated heterocycles. The fraction of sp³-hybridized carbons (Fsp3) is 0.933. The molecule has 1 rings (SSSR count). The van der Waals surface area contributed by atoms with Crippen molar-refractivity contribution in [3.8, 4) is 0 Å². The number of hydrogen-bond donors (Lipinski definition) is 0. The molecule has 0 aliphatic carbocycles. The number of carbonyl (C=O) groups is 1. The van der Waals surface area contributed by atoms with Crippen LogP contribution in [0.5, 0.6) is 0 Å². The van der Waals surface area contributed by atoms with Gasteiger partial charge >= 0.3 is 5.97 Å². The van der Waals surface area contributed by atoms with E-state index in [1.54, 1.807) is 7.11 Å². The molecule has 1 atom stereocenters. The molecule has 4 nitrogen and oxygen atoms in total. The molecule has 0 bridgehead atoms. The number of ether oxygens (including phenoxy) is 2. The van der Waals surface area contributed by atoms with Crippen molar-refractivity contribution in [2.45, 2.75) is 52.0 Å². The molecule has 0 aromatic heterocycles. The number of carbonyl (C=O) groups excluding carboxylic acids is 1. The molecule has 0 amide bonds. The average molecular weight is 271 g/mol. The van der Waals surface area contributed by atoms with Crippen molar-refractivity contribution < 1.29 is 14.3 Å². The van der Waals surface area contributed by atoms with Crippen LogP contribution in [-0.2, 0) is 14.3 Å². The van der Waals surface area contributed by atoms with Crippen molar-refractivity contribution in [3.05, 3.63) is 0 Å². The molecule has 0 N–H and O–H groups in total. The summed E-state index contributed by atoms with van der Waals surface area (Å²) in [6.07, 6.45) is 4.13. The number of nitrogens with zero attached hydrogens (tertiary/aromatic N) is 1. The smallest absolute Gasteiger partial charge is 0.307 e. The second-order valence-corrected chi connectivity index (χ2v) is 5.72. The number of piperidine rings is 1. The van der Waals surface area contributed by atoms with E-state index in [2.05, 4.69) is 18.7 Å². The topological polar surface area (TPSA) is 38.8 Å². The summed E-state index contributed by atoms with van der Waals surface area (Å²) in [6.45, 7) is 9.34. The highest BCUT2D eigenvalue weighted by atomic mass is 16.5. The molecule has 0 saturated carbocycles. The summed E-state index contributed by atoms with van der Waals surface area (Å²) in [5, 5.41) is 0. The van der Waals surface area contributed by atoms with Crippen LogP contribution in [0.3, 0.4) is 0 Å². The van der Waals surface area contributed by atoms with E-state index < -0.39 is 0 Å². The quantitative estimate of drug-likeness (QED) is 0.667. The Bertz CT molecular complexity index is 275. The first-order valence-corrected chi connectivity index (χ1v) is 7.46. The SMILES string of the molecule is CCOC(=O)CC(COC)(C(C)C)N1CCCCC1. The van der Waals surface area contributed by atoms with E-state index in [4.69, 9.17) is 9.47 Å². The molecular weight excluding hydrogens is 242 g/mol. The average Bonchev–Trinajstić information content (AvgIpc) is 2.39. The molecule has 4 heteroatoms. The monoisotopic (exact) mass is 271 g/mol. The van der Waals surface area contributed by atoms with E-state index in [1.807, 2.05) is 6.92 Å². The molecule has 1 aliphatic rings. The summed E-state index contributed by atoms with van der Waals surface area (Å²) in [7, 11) is 1.71. The highest BCUT2D eigenvalue weighted by Crippen LogP contribution is 2.32. The van der Waals surface area contributed by atoms with Gasteiger partial charge in [-0.2, -0.15) is 0 Å². The van der Waals surface area contributed by atoms with Crippen LogP contribution >= 0.6 is 0 Å². The summed E-state index contributed by atoms with van der Waals surface area (Å²) in [6, 6.07) is 0. The maximum atomic E-state index is 12.0. The van der Waals surface area contributed by atoms with Gasteiger partial charge in [0.1, 0.15) is 0 Å². The van der Waals surface area contributed by atoms with Crippen LogP contribution in [-0.4, -0.2) is 49.8 Å². The number of esters is 1. The Kier molecular flexibility index (Phi) is 6.80. The van der Waals surface area contributed by atoms with Crippen LogP contribution < -0.4 is 0 Å². The van der Waals surface area contributed by atoms with Gasteiger partial charge < -0.3 is 9.47 Å². The zero-order valence-electron chi connectivity index (χ0n) is 12.9. The number of methoxy groups -OCH3 is 1. The first kappa shape index (κ1) is 16.4. The Morgan fingerprint density at radius 2 is 1.89 bits per heavy atom. The van der Waals surface area contributed by atoms with E-state index in [0.717, 1.165) is 13.1 Å². The molecule has 1 aliphatic heterocycles. The summed E-state index contributed by atoms with van der Waals surface area (Å²) in [5.41, 5.74) is -0.221. The van der Waals surface area contributed by atoms with E-state index in [-0.39, 0.29) is 11.5 Å². The van der Waals surface area contributed by atoms with Crippen LogP contribution in [0.4, 0.5) is 0 Å². The van der Waals surface area contributed by atoms with Crippen molar-refractivity contribution in [3.63, 3.8) is 0 Å². The minimum atomic E-state index is -0.221. The summed E-state index contributed by atoms with van der Waals surface area (Å²) < 4.78 is 10.6. The van der Waals surface area contributed by atoms with Crippen LogP contribution in [0, 0.1) is 5.92 Å². The second-order valence-electron chi connectivity index (χ2n) is 5.72. The van der Waals surface area contributed by atoms with Crippen molar-refractivity contribution in [2.75, 3.05) is 33.4 Å². The first-order chi connectivity index (χ1) is 9.06. The summed E-state index contributed by atoms with van der Waals surface area (Å²) in [4.78, 5) is 14.4. The maximum absolute atomic E-state index is 12.0. The van der Waals surface area contributed by atoms with Gasteiger partial charge in [0.25, 0.3) is 0 Å². The molecule has 1 unspecified atom stereocenters. The zero-order valence-corrected chi connectivity index (χ0v) is 12.9. The minimum Gasteiger partial charge on any atom is -0.466 e. The molecule has 0 aromatic carbocycles. The van der Waals surface area contributed by atoms with E-state index >= 15 is 0 Å². The fourth-order valence-electron chi connectivity index (χ4n) is 3.04. The highest BCUT2D eigenvalue weighted by Gasteiger charge is 2.42. The van der Waals surface area contributed by atoms with E-state index in [9.17, 15) is 4.79 Å². The highest BCUT2D eigenvalue weighted by molar-refractivity contribution is 5.71. The van der Waals surface area contributed by atoms with Crippen molar-refractivity contribution >= 4 is 5.97 Å². The number of hydrogen-bond acceptors (Lipinski definition) is 4. The molecule has 0 radical (unpaired) electrons. The minimum absolute atomic E-state index is 0.112. The third kappa shape index (κ3) is 4.18. The van der Waals surface area contributed by atoms with Crippen LogP contribution in [0.2, 0.25) is 0 Å². The third-order valence-corrected chi connectivity index (χ3v) is 4.21. The Balaban J connectivity index is 2.88. The normalized spacial score (nSPS) is 20.3. The number of rotatable bonds is 7. The number of likely N-dealkylation sites (tertiary alicyclic amines) is 1.